The number of rotatable bonds is 3. The van der Waals surface area contributed by atoms with Crippen molar-refractivity contribution in [2.45, 2.75) is 23.5 Å². The summed E-state index contributed by atoms with van der Waals surface area (Å²) in [5.74, 6) is -2.51. The number of aliphatic hydroxyl groups is 1. The van der Waals surface area contributed by atoms with Crippen LogP contribution in [-0.2, 0) is 14.8 Å². The molecule has 10 heteroatoms. The number of carbonyl (C=O) groups is 1. The van der Waals surface area contributed by atoms with Crippen LogP contribution in [0.1, 0.15) is 6.42 Å². The number of benzene rings is 1. The zero-order valence-corrected chi connectivity index (χ0v) is 12.7. The molecule has 21 heavy (non-hydrogen) atoms. The third-order valence-corrected chi connectivity index (χ3v) is 5.80. The van der Waals surface area contributed by atoms with Gasteiger partial charge in [-0.3, -0.25) is 4.79 Å². The van der Waals surface area contributed by atoms with E-state index in [4.69, 9.17) is 28.3 Å². The maximum Gasteiger partial charge on any atom is 0.322 e. The third-order valence-electron chi connectivity index (χ3n) is 3.11. The largest absolute Gasteiger partial charge is 0.480 e. The van der Waals surface area contributed by atoms with Gasteiger partial charge in [0.2, 0.25) is 10.0 Å². The smallest absolute Gasteiger partial charge is 0.322 e. The summed E-state index contributed by atoms with van der Waals surface area (Å²) in [5.41, 5.74) is 0. The van der Waals surface area contributed by atoms with Crippen LogP contribution in [0.2, 0.25) is 10.0 Å². The summed E-state index contributed by atoms with van der Waals surface area (Å²) in [6.07, 6.45) is -1.36. The molecule has 2 N–H and O–H groups in total. The Morgan fingerprint density at radius 2 is 2.00 bits per heavy atom. The maximum absolute atomic E-state index is 13.6. The highest BCUT2D eigenvalue weighted by molar-refractivity contribution is 7.89. The maximum atomic E-state index is 13.6. The SMILES string of the molecule is O=C(O)[C@@H]1C[C@@H](O)CN1S(=O)(=O)c1ccc(Cl)c(F)c1Cl. The zero-order valence-electron chi connectivity index (χ0n) is 10.3. The average Bonchev–Trinajstić information content (AvgIpc) is 2.79. The lowest BCUT2D eigenvalue weighted by atomic mass is 10.2. The summed E-state index contributed by atoms with van der Waals surface area (Å²) in [6, 6.07) is 0.574. The highest BCUT2D eigenvalue weighted by Crippen LogP contribution is 2.34. The minimum absolute atomic E-state index is 0.248. The van der Waals surface area contributed by atoms with Crippen LogP contribution >= 0.6 is 23.2 Å². The summed E-state index contributed by atoms with van der Waals surface area (Å²) in [6.45, 7) is -0.403. The van der Waals surface area contributed by atoms with Crippen molar-refractivity contribution in [3.63, 3.8) is 0 Å². The molecule has 1 aromatic carbocycles. The second-order valence-electron chi connectivity index (χ2n) is 4.49. The van der Waals surface area contributed by atoms with Gasteiger partial charge in [-0.05, 0) is 12.1 Å². The number of aliphatic hydroxyl groups excluding tert-OH is 1. The van der Waals surface area contributed by atoms with Crippen molar-refractivity contribution in [1.82, 2.24) is 4.31 Å². The Morgan fingerprint density at radius 1 is 1.38 bits per heavy atom. The Bertz CT molecular complexity index is 696. The molecule has 2 atom stereocenters. The van der Waals surface area contributed by atoms with E-state index < -0.39 is 50.4 Å². The molecule has 1 aliphatic heterocycles. The van der Waals surface area contributed by atoms with Gasteiger partial charge in [0.1, 0.15) is 10.9 Å². The second kappa shape index (κ2) is 5.69. The van der Waals surface area contributed by atoms with Gasteiger partial charge in [0.25, 0.3) is 0 Å². The Hall–Kier alpha value is -0.930. The van der Waals surface area contributed by atoms with Crippen LogP contribution in [0.3, 0.4) is 0 Å². The molecule has 2 rings (SSSR count). The van der Waals surface area contributed by atoms with Gasteiger partial charge in [0, 0.05) is 13.0 Å². The van der Waals surface area contributed by atoms with E-state index in [1.54, 1.807) is 0 Å². The quantitative estimate of drug-likeness (QED) is 0.796. The highest BCUT2D eigenvalue weighted by atomic mass is 35.5. The first kappa shape index (κ1) is 16.4. The van der Waals surface area contributed by atoms with Crippen molar-refractivity contribution in [2.24, 2.45) is 0 Å². The molecule has 1 aromatic rings. The molecule has 1 fully saturated rings. The molecule has 1 heterocycles. The summed E-state index contributed by atoms with van der Waals surface area (Å²) in [5, 5.41) is 17.5. The molecule has 0 aliphatic carbocycles. The number of hydrogen-bond donors (Lipinski definition) is 2. The van der Waals surface area contributed by atoms with Crippen LogP contribution in [-0.4, -0.2) is 47.6 Å². The number of carboxylic acid groups (broad SMARTS) is 1. The first-order chi connectivity index (χ1) is 9.66. The fraction of sp³-hybridized carbons (Fsp3) is 0.364. The van der Waals surface area contributed by atoms with E-state index in [-0.39, 0.29) is 11.4 Å². The predicted octanol–water partition coefficient (Wildman–Crippen LogP) is 1.34. The van der Waals surface area contributed by atoms with Gasteiger partial charge in [-0.2, -0.15) is 4.31 Å². The van der Waals surface area contributed by atoms with Gasteiger partial charge in [-0.15, -0.1) is 0 Å². The molecule has 0 aromatic heterocycles. The Balaban J connectivity index is 2.52. The minimum atomic E-state index is -4.37. The Labute approximate surface area is 129 Å². The molecule has 0 amide bonds. The first-order valence-corrected chi connectivity index (χ1v) is 7.92. The minimum Gasteiger partial charge on any atom is -0.480 e. The van der Waals surface area contributed by atoms with Crippen LogP contribution in [0.4, 0.5) is 4.39 Å². The summed E-state index contributed by atoms with van der Waals surface area (Å²) < 4.78 is 39.1. The lowest BCUT2D eigenvalue weighted by Crippen LogP contribution is -2.40. The molecule has 116 valence electrons. The van der Waals surface area contributed by atoms with Crippen LogP contribution in [0.15, 0.2) is 17.0 Å². The number of aliphatic carboxylic acids is 1. The zero-order chi connectivity index (χ0) is 15.9. The lowest BCUT2D eigenvalue weighted by molar-refractivity contribution is -0.140. The van der Waals surface area contributed by atoms with E-state index in [1.165, 1.54) is 0 Å². The number of β-amino-alcohol motifs (C(OH)–C–C–N with tert-alkyl or cyclic N) is 1. The predicted molar refractivity (Wildman–Crippen MR) is 72.4 cm³/mol. The van der Waals surface area contributed by atoms with Crippen molar-refractivity contribution in [3.05, 3.63) is 28.0 Å². The molecule has 0 bridgehead atoms. The normalized spacial score (nSPS) is 23.4. The lowest BCUT2D eigenvalue weighted by Gasteiger charge is -2.21. The number of carboxylic acids is 1. The molecule has 0 unspecified atom stereocenters. The topological polar surface area (TPSA) is 94.9 Å². The fourth-order valence-electron chi connectivity index (χ4n) is 2.11. The molecule has 6 nitrogen and oxygen atoms in total. The Morgan fingerprint density at radius 3 is 2.57 bits per heavy atom. The van der Waals surface area contributed by atoms with Crippen LogP contribution in [0.25, 0.3) is 0 Å². The van der Waals surface area contributed by atoms with E-state index in [0.29, 0.717) is 4.31 Å². The first-order valence-electron chi connectivity index (χ1n) is 5.72. The summed E-state index contributed by atoms with van der Waals surface area (Å²) in [4.78, 5) is 10.5. The monoisotopic (exact) mass is 357 g/mol. The molecular weight excluding hydrogens is 348 g/mol. The standard InChI is InChI=1S/C11H10Cl2FNO5S/c12-6-1-2-8(9(13)10(6)14)21(19,20)15-4-5(16)3-7(15)11(17)18/h1-2,5,7,16H,3-4H2,(H,17,18)/t5-,7+/m1/s1. The van der Waals surface area contributed by atoms with Crippen molar-refractivity contribution in [3.8, 4) is 0 Å². The average molecular weight is 358 g/mol. The van der Waals surface area contributed by atoms with Crippen LogP contribution in [0, 0.1) is 5.82 Å². The molecule has 1 aliphatic rings. The van der Waals surface area contributed by atoms with Crippen LogP contribution < -0.4 is 0 Å². The van der Waals surface area contributed by atoms with Gasteiger partial charge >= 0.3 is 5.97 Å². The molecule has 0 saturated carbocycles. The van der Waals surface area contributed by atoms with Crippen molar-refractivity contribution in [2.75, 3.05) is 6.54 Å². The van der Waals surface area contributed by atoms with Gasteiger partial charge in [-0.1, -0.05) is 23.2 Å². The number of sulfonamides is 1. The number of hydrogen-bond acceptors (Lipinski definition) is 4. The van der Waals surface area contributed by atoms with E-state index in [0.717, 1.165) is 12.1 Å². The molecule has 0 radical (unpaired) electrons. The number of nitrogens with zero attached hydrogens (tertiary/aromatic N) is 1. The van der Waals surface area contributed by atoms with Gasteiger partial charge < -0.3 is 10.2 Å². The highest BCUT2D eigenvalue weighted by Gasteiger charge is 2.44. The van der Waals surface area contributed by atoms with E-state index >= 15 is 0 Å². The fourth-order valence-corrected chi connectivity index (χ4v) is 4.46. The molecule has 0 spiro atoms. The van der Waals surface area contributed by atoms with Crippen LogP contribution in [0.5, 0.6) is 0 Å². The number of halogens is 3. The second-order valence-corrected chi connectivity index (χ2v) is 7.14. The van der Waals surface area contributed by atoms with Gasteiger partial charge in [0.05, 0.1) is 16.1 Å². The van der Waals surface area contributed by atoms with E-state index in [2.05, 4.69) is 0 Å². The molecule has 1 saturated heterocycles. The van der Waals surface area contributed by atoms with Crippen molar-refractivity contribution in [1.29, 1.82) is 0 Å². The van der Waals surface area contributed by atoms with Crippen molar-refractivity contribution >= 4 is 39.2 Å². The summed E-state index contributed by atoms with van der Waals surface area (Å²) in [7, 11) is -4.37. The van der Waals surface area contributed by atoms with E-state index in [9.17, 15) is 22.7 Å². The van der Waals surface area contributed by atoms with Crippen molar-refractivity contribution < 1.29 is 27.8 Å². The molecular formula is C11H10Cl2FNO5S. The van der Waals surface area contributed by atoms with Gasteiger partial charge in [0.15, 0.2) is 5.82 Å². The summed E-state index contributed by atoms with van der Waals surface area (Å²) >= 11 is 11.1. The third kappa shape index (κ3) is 2.86. The Kier molecular flexibility index (Phi) is 4.46. The van der Waals surface area contributed by atoms with Gasteiger partial charge in [-0.25, -0.2) is 12.8 Å². The van der Waals surface area contributed by atoms with E-state index in [1.807, 2.05) is 0 Å².